The van der Waals surface area contributed by atoms with Gasteiger partial charge < -0.3 is 9.64 Å². The van der Waals surface area contributed by atoms with Crippen molar-refractivity contribution in [3.05, 3.63) is 66.0 Å². The molecule has 0 atom stereocenters. The number of halogens is 1. The summed E-state index contributed by atoms with van der Waals surface area (Å²) in [5, 5.41) is 0.735. The van der Waals surface area contributed by atoms with E-state index in [0.29, 0.717) is 0 Å². The van der Waals surface area contributed by atoms with Crippen molar-refractivity contribution in [1.29, 1.82) is 0 Å². The van der Waals surface area contributed by atoms with Crippen molar-refractivity contribution in [3.8, 4) is 5.75 Å². The molecule has 17 heavy (non-hydrogen) atoms. The Morgan fingerprint density at radius 2 is 1.71 bits per heavy atom. The van der Waals surface area contributed by atoms with E-state index in [0.717, 1.165) is 22.1 Å². The van der Waals surface area contributed by atoms with Gasteiger partial charge in [0.2, 0.25) is 0 Å². The van der Waals surface area contributed by atoms with Gasteiger partial charge in [-0.3, -0.25) is 0 Å². The Labute approximate surface area is 105 Å². The molecule has 1 aliphatic rings. The zero-order valence-corrected chi connectivity index (χ0v) is 9.76. The summed E-state index contributed by atoms with van der Waals surface area (Å²) >= 11 is 5.89. The molecule has 0 unspecified atom stereocenters. The van der Waals surface area contributed by atoms with Crippen molar-refractivity contribution >= 4 is 23.0 Å². The normalized spacial score (nSPS) is 13.1. The molecule has 0 spiro atoms. The average molecular weight is 244 g/mol. The van der Waals surface area contributed by atoms with Crippen molar-refractivity contribution < 1.29 is 4.74 Å². The van der Waals surface area contributed by atoms with Crippen LogP contribution in [0.25, 0.3) is 0 Å². The first-order chi connectivity index (χ1) is 8.34. The third kappa shape index (κ3) is 1.87. The Morgan fingerprint density at radius 1 is 0.941 bits per heavy atom. The molecule has 0 N–H and O–H groups in total. The fourth-order valence-corrected chi connectivity index (χ4v) is 1.95. The van der Waals surface area contributed by atoms with Crippen LogP contribution < -0.4 is 9.64 Å². The van der Waals surface area contributed by atoms with Crippen LogP contribution in [0.3, 0.4) is 0 Å². The van der Waals surface area contributed by atoms with Gasteiger partial charge in [-0.15, -0.1) is 0 Å². The molecule has 3 heteroatoms. The Hall–Kier alpha value is -1.93. The Kier molecular flexibility index (Phi) is 2.50. The summed E-state index contributed by atoms with van der Waals surface area (Å²) in [4.78, 5) is 2.06. The monoisotopic (exact) mass is 243 g/mol. The van der Waals surface area contributed by atoms with Gasteiger partial charge in [0.15, 0.2) is 5.75 Å². The van der Waals surface area contributed by atoms with Crippen LogP contribution in [0.1, 0.15) is 0 Å². The van der Waals surface area contributed by atoms with Crippen LogP contribution in [0.5, 0.6) is 5.75 Å². The highest BCUT2D eigenvalue weighted by Crippen LogP contribution is 2.36. The van der Waals surface area contributed by atoms with E-state index in [1.54, 1.807) is 6.26 Å². The van der Waals surface area contributed by atoms with E-state index in [1.165, 1.54) is 0 Å². The lowest BCUT2D eigenvalue weighted by atomic mass is 10.2. The van der Waals surface area contributed by atoms with Crippen LogP contribution in [-0.4, -0.2) is 0 Å². The third-order valence-electron chi connectivity index (χ3n) is 2.63. The van der Waals surface area contributed by atoms with Gasteiger partial charge >= 0.3 is 0 Å². The number of nitrogens with zero attached hydrogens (tertiary/aromatic N) is 1. The Bertz CT molecular complexity index is 563. The van der Waals surface area contributed by atoms with Crippen molar-refractivity contribution in [2.45, 2.75) is 0 Å². The van der Waals surface area contributed by atoms with E-state index in [2.05, 4.69) is 4.90 Å². The number of anilines is 2. The Morgan fingerprint density at radius 3 is 2.53 bits per heavy atom. The number of para-hydroxylation sites is 2. The van der Waals surface area contributed by atoms with Crippen molar-refractivity contribution in [2.75, 3.05) is 4.90 Å². The predicted molar refractivity (Wildman–Crippen MR) is 69.8 cm³/mol. The number of hydrogen-bond acceptors (Lipinski definition) is 2. The van der Waals surface area contributed by atoms with Gasteiger partial charge in [-0.05, 0) is 36.4 Å². The first-order valence-corrected chi connectivity index (χ1v) is 5.69. The van der Waals surface area contributed by atoms with E-state index < -0.39 is 0 Å². The fourth-order valence-electron chi connectivity index (χ4n) is 1.83. The summed E-state index contributed by atoms with van der Waals surface area (Å²) in [6.45, 7) is 0. The van der Waals surface area contributed by atoms with Gasteiger partial charge in [-0.1, -0.05) is 23.7 Å². The predicted octanol–water partition coefficient (Wildman–Crippen LogP) is 4.34. The molecule has 84 valence electrons. The molecule has 3 rings (SSSR count). The average Bonchev–Trinajstić information content (AvgIpc) is 2.39. The molecule has 0 amide bonds. The number of ether oxygens (including phenoxy) is 1. The van der Waals surface area contributed by atoms with E-state index in [4.69, 9.17) is 16.3 Å². The molecule has 2 aromatic rings. The maximum absolute atomic E-state index is 5.89. The standard InChI is InChI=1S/C14H10ClNO/c15-11-5-7-12(8-6-11)16-9-10-17-14-4-2-1-3-13(14)16/h1-10H. The SMILES string of the molecule is Clc1ccc(N2C=COc3ccccc32)cc1. The van der Waals surface area contributed by atoms with Gasteiger partial charge in [-0.25, -0.2) is 0 Å². The lowest BCUT2D eigenvalue weighted by molar-refractivity contribution is 0.473. The molecule has 0 saturated heterocycles. The van der Waals surface area contributed by atoms with Gasteiger partial charge in [0.05, 0.1) is 5.69 Å². The van der Waals surface area contributed by atoms with Crippen molar-refractivity contribution in [1.82, 2.24) is 0 Å². The lowest BCUT2D eigenvalue weighted by Gasteiger charge is -2.25. The lowest BCUT2D eigenvalue weighted by Crippen LogP contribution is -2.13. The second-order valence-electron chi connectivity index (χ2n) is 3.72. The maximum Gasteiger partial charge on any atom is 0.150 e. The molecule has 0 radical (unpaired) electrons. The van der Waals surface area contributed by atoms with Crippen molar-refractivity contribution in [3.63, 3.8) is 0 Å². The minimum Gasteiger partial charge on any atom is -0.461 e. The summed E-state index contributed by atoms with van der Waals surface area (Å²) in [5.41, 5.74) is 2.08. The molecule has 0 aromatic heterocycles. The molecular formula is C14H10ClNO. The zero-order valence-electron chi connectivity index (χ0n) is 9.01. The molecule has 1 heterocycles. The molecule has 1 aliphatic heterocycles. The third-order valence-corrected chi connectivity index (χ3v) is 2.89. The van der Waals surface area contributed by atoms with Crippen LogP contribution in [0, 0.1) is 0 Å². The first-order valence-electron chi connectivity index (χ1n) is 5.32. The number of benzene rings is 2. The summed E-state index contributed by atoms with van der Waals surface area (Å²) < 4.78 is 5.45. The summed E-state index contributed by atoms with van der Waals surface area (Å²) in [5.74, 6) is 0.852. The topological polar surface area (TPSA) is 12.5 Å². The van der Waals surface area contributed by atoms with E-state index in [-0.39, 0.29) is 0 Å². The summed E-state index contributed by atoms with van der Waals surface area (Å²) in [6.07, 6.45) is 3.57. The highest BCUT2D eigenvalue weighted by atomic mass is 35.5. The fraction of sp³-hybridized carbons (Fsp3) is 0. The number of fused-ring (bicyclic) bond motifs is 1. The largest absolute Gasteiger partial charge is 0.461 e. The molecule has 0 saturated carbocycles. The van der Waals surface area contributed by atoms with Gasteiger partial charge in [0.1, 0.15) is 6.26 Å². The van der Waals surface area contributed by atoms with Crippen LogP contribution in [0.15, 0.2) is 61.0 Å². The Balaban J connectivity index is 2.06. The first kappa shape index (κ1) is 10.2. The van der Waals surface area contributed by atoms with E-state index in [1.807, 2.05) is 54.7 Å². The second kappa shape index (κ2) is 4.15. The van der Waals surface area contributed by atoms with Crippen molar-refractivity contribution in [2.24, 2.45) is 0 Å². The maximum atomic E-state index is 5.89. The van der Waals surface area contributed by atoms with Crippen LogP contribution in [-0.2, 0) is 0 Å². The van der Waals surface area contributed by atoms with Gasteiger partial charge in [0, 0.05) is 16.9 Å². The molecule has 0 aliphatic carbocycles. The summed E-state index contributed by atoms with van der Waals surface area (Å²) in [7, 11) is 0. The highest BCUT2D eigenvalue weighted by molar-refractivity contribution is 6.30. The zero-order chi connectivity index (χ0) is 11.7. The number of hydrogen-bond donors (Lipinski definition) is 0. The van der Waals surface area contributed by atoms with Crippen LogP contribution in [0.2, 0.25) is 5.02 Å². The minimum absolute atomic E-state index is 0.735. The molecule has 0 fully saturated rings. The molecule has 2 aromatic carbocycles. The highest BCUT2D eigenvalue weighted by Gasteiger charge is 2.14. The van der Waals surface area contributed by atoms with Crippen LogP contribution in [0.4, 0.5) is 11.4 Å². The number of rotatable bonds is 1. The van der Waals surface area contributed by atoms with E-state index in [9.17, 15) is 0 Å². The van der Waals surface area contributed by atoms with Gasteiger partial charge in [0.25, 0.3) is 0 Å². The smallest absolute Gasteiger partial charge is 0.150 e. The van der Waals surface area contributed by atoms with Gasteiger partial charge in [-0.2, -0.15) is 0 Å². The molecule has 0 bridgehead atoms. The van der Waals surface area contributed by atoms with E-state index >= 15 is 0 Å². The minimum atomic E-state index is 0.735. The second-order valence-corrected chi connectivity index (χ2v) is 4.15. The summed E-state index contributed by atoms with van der Waals surface area (Å²) in [6, 6.07) is 15.6. The quantitative estimate of drug-likeness (QED) is 0.739. The molecule has 2 nitrogen and oxygen atoms in total. The molecular weight excluding hydrogens is 234 g/mol. The van der Waals surface area contributed by atoms with Crippen LogP contribution >= 0.6 is 11.6 Å².